The Kier molecular flexibility index (Phi) is 33.1. The number of carbonyl (C=O) groups is 4. The van der Waals surface area contributed by atoms with Crippen LogP contribution in [0.5, 0.6) is 23.0 Å². The molecule has 0 saturated carbocycles. The highest BCUT2D eigenvalue weighted by atomic mass is 36.0. The molecule has 0 bridgehead atoms. The van der Waals surface area contributed by atoms with E-state index >= 15 is 0 Å². The summed E-state index contributed by atoms with van der Waals surface area (Å²) < 4.78 is 55.3. The van der Waals surface area contributed by atoms with Gasteiger partial charge in [-0.3, -0.25) is 14.6 Å². The number of fused-ring (bicyclic) bond motifs is 2. The lowest BCUT2D eigenvalue weighted by molar-refractivity contribution is -0.147. The lowest BCUT2D eigenvalue weighted by atomic mass is 10.1. The molecule has 4 N–H and O–H groups in total. The predicted octanol–water partition coefficient (Wildman–Crippen LogP) is 8.15. The van der Waals surface area contributed by atoms with Gasteiger partial charge in [0.25, 0.3) is 0 Å². The molecule has 4 aliphatic heterocycles. The summed E-state index contributed by atoms with van der Waals surface area (Å²) >= 11 is 10.3. The summed E-state index contributed by atoms with van der Waals surface area (Å²) in [6.07, 6.45) is 11.5. The minimum atomic E-state index is -1.67. The fraction of sp³-hybridized carbons (Fsp3) is 0.281. The van der Waals surface area contributed by atoms with Crippen molar-refractivity contribution in [3.05, 3.63) is 174 Å². The third-order valence-electron chi connectivity index (χ3n) is 10.9. The van der Waals surface area contributed by atoms with E-state index in [0.717, 1.165) is 51.3 Å². The lowest BCUT2D eigenvalue weighted by Gasteiger charge is -2.15. The molecule has 5 aromatic rings. The molecule has 19 nitrogen and oxygen atoms in total. The molecule has 4 fully saturated rings. The zero-order chi connectivity index (χ0) is 59.5. The quantitative estimate of drug-likeness (QED) is 0.0492. The Labute approximate surface area is 490 Å². The van der Waals surface area contributed by atoms with Crippen molar-refractivity contribution in [3.8, 4) is 23.0 Å². The zero-order valence-electron chi connectivity index (χ0n) is 44.1. The Morgan fingerprint density at radius 1 is 0.494 bits per heavy atom. The number of methoxy groups -OCH3 is 4. The molecular formula is C57H61Cl4NO18S. The van der Waals surface area contributed by atoms with Crippen LogP contribution in [0.2, 0.25) is 0 Å². The normalized spacial score (nSPS) is 20.8. The fourth-order valence-electron chi connectivity index (χ4n) is 7.02. The summed E-state index contributed by atoms with van der Waals surface area (Å²) in [5, 5.41) is 35.4. The van der Waals surface area contributed by atoms with Gasteiger partial charge in [-0.2, -0.15) is 0 Å². The van der Waals surface area contributed by atoms with Crippen LogP contribution in [0.1, 0.15) is 22.3 Å². The highest BCUT2D eigenvalue weighted by molar-refractivity contribution is 8.26. The molecule has 1 aromatic heterocycles. The van der Waals surface area contributed by atoms with E-state index in [-0.39, 0.29) is 44.7 Å². The van der Waals surface area contributed by atoms with Crippen LogP contribution >= 0.6 is 44.6 Å². The van der Waals surface area contributed by atoms with E-state index in [4.69, 9.17) is 85.4 Å². The maximum absolute atomic E-state index is 11.9. The van der Waals surface area contributed by atoms with Crippen LogP contribution in [0.25, 0.3) is 24.3 Å². The number of aromatic nitrogens is 1. The van der Waals surface area contributed by atoms with Crippen molar-refractivity contribution >= 4 is 101 Å². The van der Waals surface area contributed by atoms with Crippen LogP contribution in [0, 0.1) is 0 Å². The fourth-order valence-corrected chi connectivity index (χ4v) is 7.15. The van der Waals surface area contributed by atoms with Crippen molar-refractivity contribution in [3.63, 3.8) is 0 Å². The van der Waals surface area contributed by atoms with E-state index in [1.54, 1.807) is 83.3 Å². The number of pyridine rings is 1. The van der Waals surface area contributed by atoms with Gasteiger partial charge < -0.3 is 63.1 Å². The van der Waals surface area contributed by atoms with Crippen molar-refractivity contribution in [2.24, 2.45) is 0 Å². The molecule has 81 heavy (non-hydrogen) atoms. The summed E-state index contributed by atoms with van der Waals surface area (Å²) in [5.41, 5.74) is 3.53. The second-order valence-corrected chi connectivity index (χ2v) is 19.7. The van der Waals surface area contributed by atoms with Gasteiger partial charge in [0.1, 0.15) is 65.7 Å². The molecule has 436 valence electrons. The summed E-state index contributed by atoms with van der Waals surface area (Å²) in [6, 6.07) is 34.8. The Morgan fingerprint density at radius 2 is 0.790 bits per heavy atom. The minimum absolute atomic E-state index is 0.213. The van der Waals surface area contributed by atoms with Crippen LogP contribution in [0.15, 0.2) is 152 Å². The number of aliphatic hydroxyl groups excluding tert-OH is 3. The first-order valence-corrected chi connectivity index (χ1v) is 27.6. The number of benzene rings is 4. The molecule has 24 heteroatoms. The molecular weight excluding hydrogens is 1160 g/mol. The first-order chi connectivity index (χ1) is 38.8. The number of aliphatic carboxylic acids is 1. The van der Waals surface area contributed by atoms with Gasteiger partial charge in [-0.25, -0.2) is 13.8 Å². The van der Waals surface area contributed by atoms with Crippen LogP contribution in [0.3, 0.4) is 0 Å². The summed E-state index contributed by atoms with van der Waals surface area (Å²) in [4.78, 5) is 46.6. The second-order valence-electron chi connectivity index (χ2n) is 16.5. The van der Waals surface area contributed by atoms with Gasteiger partial charge in [-0.1, -0.05) is 66.7 Å². The number of hydrogen-bond donors (Lipinski definition) is 4. The van der Waals surface area contributed by atoms with E-state index in [2.05, 4.69) is 26.3 Å². The highest BCUT2D eigenvalue weighted by Crippen LogP contribution is 2.29. The number of carboxylic acids is 1. The van der Waals surface area contributed by atoms with Crippen molar-refractivity contribution in [2.45, 2.75) is 48.8 Å². The van der Waals surface area contributed by atoms with Crippen molar-refractivity contribution in [2.75, 3.05) is 54.9 Å². The number of aliphatic hydroxyl groups is 3. The highest BCUT2D eigenvalue weighted by Gasteiger charge is 2.49. The van der Waals surface area contributed by atoms with Gasteiger partial charge in [0, 0.05) is 45.9 Å². The second kappa shape index (κ2) is 39.0. The first kappa shape index (κ1) is 68.8. The van der Waals surface area contributed by atoms with Crippen molar-refractivity contribution in [1.82, 2.24) is 4.98 Å². The van der Waals surface area contributed by atoms with Crippen LogP contribution < -0.4 is 18.9 Å². The Bertz CT molecular complexity index is 2570. The largest absolute Gasteiger partial charge is 0.497 e. The monoisotopic (exact) mass is 1220 g/mol. The molecule has 4 aromatic carbocycles. The Balaban J connectivity index is 0.000000260. The maximum Gasteiger partial charge on any atom is 0.331 e. The van der Waals surface area contributed by atoms with Crippen molar-refractivity contribution in [1.29, 1.82) is 0 Å². The molecule has 8 atom stereocenters. The number of allylic oxidation sites excluding steroid dienone is 2. The molecule has 4 saturated heterocycles. The predicted molar refractivity (Wildman–Crippen MR) is 308 cm³/mol. The molecule has 4 unspecified atom stereocenters. The number of carboxylic acid groups (broad SMARTS) is 1. The van der Waals surface area contributed by atoms with E-state index < -0.39 is 62.2 Å². The minimum Gasteiger partial charge on any atom is -0.497 e. The van der Waals surface area contributed by atoms with E-state index in [0.29, 0.717) is 0 Å². The lowest BCUT2D eigenvalue weighted by Crippen LogP contribution is -2.33. The number of carbonyl (C=O) groups excluding carboxylic acids is 3. The van der Waals surface area contributed by atoms with Gasteiger partial charge >= 0.3 is 11.9 Å². The van der Waals surface area contributed by atoms with Gasteiger partial charge in [0.05, 0.1) is 54.9 Å². The standard InChI is InChI=1S/C16H18O6.2C10H9ClO2.C10H10O3.C6H10O4.C5H5N.Cl2OS/c1-19-11-5-2-10(3-6-11)4-7-14(18)22-13-9-21-15-12(17)8-20-16(13)15;3*1-13-9-5-2-8(3-6-9)4-7-10(11)12;7-3-1-9-6-4(8)2-10-5(3)6;1-2-4-6-5-3-1;1-4(2)3/h2-7,12-13,15-17H,8-9H2,1H3;2*2-7H,1H3;2-7H,1H3,(H,11,12);3-8H,1-2H2;1-5H;/b4*7-4+;;;/t12-,13+,15?,16?;;;;3-,4+,5?,6?;;/m1....../s1. The third kappa shape index (κ3) is 28.2. The molecule has 0 aliphatic carbocycles. The number of halogens is 4. The summed E-state index contributed by atoms with van der Waals surface area (Å²) in [6.45, 7) is 1.03. The van der Waals surface area contributed by atoms with Gasteiger partial charge in [-0.15, -0.1) is 0 Å². The third-order valence-corrected chi connectivity index (χ3v) is 11.2. The number of rotatable bonds is 13. The molecule has 4 aliphatic rings. The molecule has 0 spiro atoms. The maximum atomic E-state index is 11.9. The number of nitrogens with zero attached hydrogens (tertiary/aromatic N) is 1. The Hall–Kier alpha value is -6.50. The molecule has 9 rings (SSSR count). The average molecular weight is 1220 g/mol. The van der Waals surface area contributed by atoms with Gasteiger partial charge in [-0.05, 0) is 130 Å². The van der Waals surface area contributed by atoms with Crippen LogP contribution in [-0.2, 0) is 52.1 Å². The topological polar surface area (TPSA) is 262 Å². The first-order valence-electron chi connectivity index (χ1n) is 24.1. The number of esters is 1. The SMILES string of the molecule is COc1ccc(/C=C/C(=O)Cl)cc1.COc1ccc(/C=C/C(=O)Cl)cc1.COc1ccc(/C=C/C(=O)O)cc1.COc1ccc(/C=C/C(=O)O[C@H]2COC3C2OC[C@H]3O)cc1.O=S(Cl)Cl.O[C@@H]1COC2C1OC[C@@H]2O.c1ccncc1. The van der Waals surface area contributed by atoms with Crippen LogP contribution in [-0.4, -0.2) is 156 Å². The van der Waals surface area contributed by atoms with Crippen LogP contribution in [0.4, 0.5) is 0 Å². The van der Waals surface area contributed by atoms with Gasteiger partial charge in [0.15, 0.2) is 6.10 Å². The molecule has 0 amide bonds. The number of ether oxygens (including phenoxy) is 9. The average Bonchev–Trinajstić information content (AvgIpc) is 4.39. The van der Waals surface area contributed by atoms with Gasteiger partial charge in [0.2, 0.25) is 19.7 Å². The summed E-state index contributed by atoms with van der Waals surface area (Å²) in [7, 11) is 13.8. The van der Waals surface area contributed by atoms with E-state index in [1.165, 1.54) is 24.3 Å². The van der Waals surface area contributed by atoms with E-state index in [9.17, 15) is 24.3 Å². The van der Waals surface area contributed by atoms with E-state index in [1.807, 2.05) is 91.0 Å². The summed E-state index contributed by atoms with van der Waals surface area (Å²) in [5.74, 6) is 1.67. The zero-order valence-corrected chi connectivity index (χ0v) is 47.9. The number of hydrogen-bond acceptors (Lipinski definition) is 18. The Morgan fingerprint density at radius 3 is 1.07 bits per heavy atom. The molecule has 0 radical (unpaired) electrons. The van der Waals surface area contributed by atoms with Crippen molar-refractivity contribution < 1.29 is 86.4 Å². The smallest absolute Gasteiger partial charge is 0.331 e. The molecule has 5 heterocycles.